The van der Waals surface area contributed by atoms with E-state index in [-0.39, 0.29) is 35.0 Å². The van der Waals surface area contributed by atoms with Gasteiger partial charge in [0.1, 0.15) is 11.4 Å². The number of ether oxygens (including phenoxy) is 1. The molecule has 6 rings (SSSR count). The first-order chi connectivity index (χ1) is 20.8. The fourth-order valence-electron chi connectivity index (χ4n) is 6.61. The molecule has 4 heterocycles. The van der Waals surface area contributed by atoms with Gasteiger partial charge < -0.3 is 15.0 Å². The van der Waals surface area contributed by atoms with Gasteiger partial charge in [-0.05, 0) is 89.1 Å². The number of alkyl halides is 3. The van der Waals surface area contributed by atoms with Crippen LogP contribution in [-0.2, 0) is 20.8 Å². The van der Waals surface area contributed by atoms with E-state index in [9.17, 15) is 21.6 Å². The molecule has 1 saturated carbocycles. The van der Waals surface area contributed by atoms with Crippen LogP contribution in [0.5, 0.6) is 0 Å². The van der Waals surface area contributed by atoms with Crippen molar-refractivity contribution in [1.29, 1.82) is 0 Å². The third-order valence-corrected chi connectivity index (χ3v) is 11.5. The van der Waals surface area contributed by atoms with E-state index >= 15 is 4.39 Å². The molecule has 2 aromatic heterocycles. The zero-order valence-corrected chi connectivity index (χ0v) is 25.5. The lowest BCUT2D eigenvalue weighted by atomic mass is 9.63. The summed E-state index contributed by atoms with van der Waals surface area (Å²) >= 11 is 0. The summed E-state index contributed by atoms with van der Waals surface area (Å²) in [6.45, 7) is 7.30. The minimum atomic E-state index is -4.73. The molecule has 9 nitrogen and oxygen atoms in total. The Balaban J connectivity index is 0.00000400. The average molecular weight is 639 g/mol. The van der Waals surface area contributed by atoms with Crippen molar-refractivity contribution in [3.05, 3.63) is 48.2 Å². The van der Waals surface area contributed by atoms with Gasteiger partial charge in [0.25, 0.3) is 0 Å². The number of piperidine rings is 1. The topological polar surface area (TPSA) is 102 Å². The molecule has 44 heavy (non-hydrogen) atoms. The average Bonchev–Trinajstić information content (AvgIpc) is 3.47. The quantitative estimate of drug-likeness (QED) is 0.303. The van der Waals surface area contributed by atoms with E-state index in [0.717, 1.165) is 32.0 Å². The Morgan fingerprint density at radius 3 is 2.45 bits per heavy atom. The van der Waals surface area contributed by atoms with Crippen LogP contribution in [0.15, 0.2) is 41.7 Å². The number of halogens is 4. The number of likely N-dealkylation sites (tertiary alicyclic amines) is 1. The third-order valence-electron chi connectivity index (χ3n) is 9.40. The molecule has 14 heteroatoms. The second kappa shape index (κ2) is 11.7. The highest BCUT2D eigenvalue weighted by Gasteiger charge is 2.51. The maximum absolute atomic E-state index is 15.2. The lowest BCUT2D eigenvalue weighted by Gasteiger charge is -2.52. The van der Waals surface area contributed by atoms with E-state index < -0.39 is 38.3 Å². The SMILES string of the molecule is CC(C)N1CCC2(CC1)CC(S(=O)(=O)c1ccc(Nc3ncc(C(F)(F)F)c(-c4cnn(C5CCOCC5)c4)n3)c(F)c1)C2.[HH]. The van der Waals surface area contributed by atoms with Crippen molar-refractivity contribution in [2.45, 2.75) is 80.8 Å². The Labute approximate surface area is 255 Å². The van der Waals surface area contributed by atoms with Crippen molar-refractivity contribution >= 4 is 21.5 Å². The molecule has 0 amide bonds. The summed E-state index contributed by atoms with van der Waals surface area (Å²) in [6.07, 6.45) is 3.16. The predicted octanol–water partition coefficient (Wildman–Crippen LogP) is 6.27. The van der Waals surface area contributed by atoms with Crippen LogP contribution in [0.25, 0.3) is 11.3 Å². The van der Waals surface area contributed by atoms with Gasteiger partial charge in [0.15, 0.2) is 9.84 Å². The fourth-order valence-corrected chi connectivity index (χ4v) is 8.67. The molecule has 0 radical (unpaired) electrons. The number of hydrogen-bond acceptors (Lipinski definition) is 8. The summed E-state index contributed by atoms with van der Waals surface area (Å²) < 4.78 is 90.5. The first-order valence-corrected chi connectivity index (χ1v) is 16.5. The first kappa shape index (κ1) is 30.9. The van der Waals surface area contributed by atoms with E-state index in [2.05, 4.69) is 39.1 Å². The molecule has 3 aliphatic rings. The van der Waals surface area contributed by atoms with Crippen molar-refractivity contribution < 1.29 is 32.1 Å². The molecule has 0 unspecified atom stereocenters. The molecule has 2 aliphatic heterocycles. The Hall–Kier alpha value is -3.10. The minimum absolute atomic E-state index is 0. The molecule has 1 spiro atoms. The van der Waals surface area contributed by atoms with E-state index in [4.69, 9.17) is 4.74 Å². The van der Waals surface area contributed by atoms with E-state index in [1.54, 1.807) is 4.68 Å². The molecule has 0 atom stereocenters. The van der Waals surface area contributed by atoms with Crippen LogP contribution in [0.3, 0.4) is 0 Å². The van der Waals surface area contributed by atoms with Gasteiger partial charge >= 0.3 is 6.18 Å². The van der Waals surface area contributed by atoms with Gasteiger partial charge in [-0.25, -0.2) is 22.8 Å². The summed E-state index contributed by atoms with van der Waals surface area (Å²) in [5.74, 6) is -1.14. The normalized spacial score (nSPS) is 20.2. The van der Waals surface area contributed by atoms with Crippen LogP contribution < -0.4 is 5.32 Å². The third kappa shape index (κ3) is 6.08. The van der Waals surface area contributed by atoms with Gasteiger partial charge in [-0.2, -0.15) is 18.3 Å². The number of sulfone groups is 1. The summed E-state index contributed by atoms with van der Waals surface area (Å²) in [4.78, 5) is 10.1. The number of rotatable bonds is 7. The number of hydrogen-bond donors (Lipinski definition) is 1. The fraction of sp³-hybridized carbons (Fsp3) is 0.567. The zero-order valence-electron chi connectivity index (χ0n) is 24.6. The standard InChI is InChI=1S/C30H36F4N6O3S.H2/c1-19(2)39-9-7-29(8-10-39)14-23(15-29)44(41,42)22-3-4-26(25(31)13-22)37-28-35-17-24(30(32,33)34)27(38-28)20-16-36-40(18-20)21-5-11-43-12-6-21;/h3-4,13,16-19,21,23H,5-12,14-15H2,1-2H3,(H,35,37,38);1H. The second-order valence-electron chi connectivity index (χ2n) is 12.5. The maximum atomic E-state index is 15.2. The molecular weight excluding hydrogens is 600 g/mol. The molecule has 3 fully saturated rings. The van der Waals surface area contributed by atoms with Crippen LogP contribution in [-0.4, -0.2) is 70.7 Å². The molecule has 1 aromatic carbocycles. The van der Waals surface area contributed by atoms with Crippen molar-refractivity contribution in [2.24, 2.45) is 5.41 Å². The number of aromatic nitrogens is 4. The molecule has 240 valence electrons. The van der Waals surface area contributed by atoms with E-state index in [1.165, 1.54) is 24.5 Å². The highest BCUT2D eigenvalue weighted by atomic mass is 32.2. The van der Waals surface area contributed by atoms with Gasteiger partial charge in [-0.1, -0.05) is 0 Å². The minimum Gasteiger partial charge on any atom is -0.381 e. The summed E-state index contributed by atoms with van der Waals surface area (Å²) in [5, 5.41) is 6.32. The Morgan fingerprint density at radius 2 is 1.82 bits per heavy atom. The van der Waals surface area contributed by atoms with Gasteiger partial charge in [-0.3, -0.25) is 4.68 Å². The molecule has 0 bridgehead atoms. The van der Waals surface area contributed by atoms with Gasteiger partial charge in [-0.15, -0.1) is 0 Å². The van der Waals surface area contributed by atoms with Crippen molar-refractivity contribution in [1.82, 2.24) is 24.6 Å². The van der Waals surface area contributed by atoms with Gasteiger partial charge in [0.05, 0.1) is 33.8 Å². The summed E-state index contributed by atoms with van der Waals surface area (Å²) in [6, 6.07) is 3.98. The van der Waals surface area contributed by atoms with Crippen molar-refractivity contribution in [3.8, 4) is 11.3 Å². The van der Waals surface area contributed by atoms with Gasteiger partial charge in [0, 0.05) is 38.6 Å². The maximum Gasteiger partial charge on any atom is 0.419 e. The van der Waals surface area contributed by atoms with Crippen LogP contribution in [0.4, 0.5) is 29.2 Å². The van der Waals surface area contributed by atoms with E-state index in [1.807, 2.05) is 0 Å². The van der Waals surface area contributed by atoms with Crippen LogP contribution in [0.2, 0.25) is 0 Å². The largest absolute Gasteiger partial charge is 0.419 e. The van der Waals surface area contributed by atoms with Gasteiger partial charge in [0.2, 0.25) is 5.95 Å². The summed E-state index contributed by atoms with van der Waals surface area (Å²) in [7, 11) is -3.75. The number of nitrogens with zero attached hydrogens (tertiary/aromatic N) is 5. The van der Waals surface area contributed by atoms with Crippen LogP contribution >= 0.6 is 0 Å². The second-order valence-corrected chi connectivity index (χ2v) is 14.7. The lowest BCUT2D eigenvalue weighted by Crippen LogP contribution is -2.52. The highest BCUT2D eigenvalue weighted by Crippen LogP contribution is 2.53. The number of benzene rings is 1. The van der Waals surface area contributed by atoms with Crippen LogP contribution in [0.1, 0.15) is 65.4 Å². The lowest BCUT2D eigenvalue weighted by molar-refractivity contribution is -0.137. The zero-order chi connectivity index (χ0) is 31.3. The molecule has 1 aliphatic carbocycles. The predicted molar refractivity (Wildman–Crippen MR) is 158 cm³/mol. The first-order valence-electron chi connectivity index (χ1n) is 15.0. The molecule has 1 N–H and O–H groups in total. The Morgan fingerprint density at radius 1 is 1.11 bits per heavy atom. The monoisotopic (exact) mass is 638 g/mol. The van der Waals surface area contributed by atoms with E-state index in [0.29, 0.717) is 51.1 Å². The molecule has 3 aromatic rings. The summed E-state index contributed by atoms with van der Waals surface area (Å²) in [5.41, 5.74) is -1.43. The van der Waals surface area contributed by atoms with Crippen molar-refractivity contribution in [2.75, 3.05) is 31.6 Å². The van der Waals surface area contributed by atoms with Crippen LogP contribution in [0, 0.1) is 11.2 Å². The Kier molecular flexibility index (Phi) is 8.20. The Bertz CT molecular complexity index is 1610. The van der Waals surface area contributed by atoms with Crippen molar-refractivity contribution in [3.63, 3.8) is 0 Å². The molecular formula is C30H38F4N6O3S. The highest BCUT2D eigenvalue weighted by molar-refractivity contribution is 7.92. The number of nitrogens with one attached hydrogen (secondary N) is 1. The number of anilines is 2. The smallest absolute Gasteiger partial charge is 0.381 e. The molecule has 2 saturated heterocycles.